The fraction of sp³-hybridized carbons (Fsp3) is 0.286. The molecule has 5 nitrogen and oxygen atoms in total. The van der Waals surface area contributed by atoms with Gasteiger partial charge in [0.2, 0.25) is 0 Å². The van der Waals surface area contributed by atoms with Crippen molar-refractivity contribution in [1.82, 2.24) is 9.78 Å². The molecule has 2 rings (SSSR count). The van der Waals surface area contributed by atoms with Crippen molar-refractivity contribution in [3.8, 4) is 11.5 Å². The third kappa shape index (κ3) is 4.12. The summed E-state index contributed by atoms with van der Waals surface area (Å²) in [6, 6.07) is 7.25. The predicted octanol–water partition coefficient (Wildman–Crippen LogP) is 3.03. The number of aromatic nitrogens is 2. The van der Waals surface area contributed by atoms with E-state index in [0.29, 0.717) is 19.0 Å². The van der Waals surface area contributed by atoms with Crippen LogP contribution in [0.4, 0.5) is 0 Å². The first-order chi connectivity index (χ1) is 10.1. The number of rotatable bonds is 6. The summed E-state index contributed by atoms with van der Waals surface area (Å²) < 4.78 is 12.1. The molecule has 0 atom stereocenters. The van der Waals surface area contributed by atoms with Gasteiger partial charge < -0.3 is 9.47 Å². The lowest BCUT2D eigenvalue weighted by Gasteiger charge is -2.09. The summed E-state index contributed by atoms with van der Waals surface area (Å²) in [5, 5.41) is 4.01. The Balaban J connectivity index is 1.92. The topological polar surface area (TPSA) is 53.4 Å². The second-order valence-electron chi connectivity index (χ2n) is 4.09. The van der Waals surface area contributed by atoms with Crippen LogP contribution in [0.25, 0.3) is 0 Å². The molecule has 0 N–H and O–H groups in total. The number of halogens is 2. The largest absolute Gasteiger partial charge is 0.494 e. The van der Waals surface area contributed by atoms with Crippen molar-refractivity contribution in [3.63, 3.8) is 0 Å². The molecule has 0 bridgehead atoms. The highest BCUT2D eigenvalue weighted by molar-refractivity contribution is 6.41. The summed E-state index contributed by atoms with van der Waals surface area (Å²) in [4.78, 5) is 11.8. The van der Waals surface area contributed by atoms with Crippen LogP contribution in [0.15, 0.2) is 35.3 Å². The van der Waals surface area contributed by atoms with Gasteiger partial charge in [-0.15, -0.1) is 0 Å². The first kappa shape index (κ1) is 15.7. The number of benzene rings is 1. The number of hydrogen-bond donors (Lipinski definition) is 0. The minimum atomic E-state index is -0.431. The van der Waals surface area contributed by atoms with Gasteiger partial charge in [0.05, 0.1) is 24.4 Å². The molecule has 0 fully saturated rings. The molecule has 1 heterocycles. The fourth-order valence-electron chi connectivity index (χ4n) is 1.65. The molecule has 0 unspecified atom stereocenters. The van der Waals surface area contributed by atoms with Gasteiger partial charge in [0, 0.05) is 0 Å². The Labute approximate surface area is 132 Å². The zero-order valence-electron chi connectivity index (χ0n) is 11.4. The van der Waals surface area contributed by atoms with Crippen LogP contribution in [0.3, 0.4) is 0 Å². The van der Waals surface area contributed by atoms with E-state index in [1.54, 1.807) is 12.1 Å². The van der Waals surface area contributed by atoms with Crippen LogP contribution in [0.5, 0.6) is 11.5 Å². The second kappa shape index (κ2) is 7.33. The summed E-state index contributed by atoms with van der Waals surface area (Å²) in [6.07, 6.45) is 1.34. The van der Waals surface area contributed by atoms with Crippen LogP contribution in [0.2, 0.25) is 10.0 Å². The Morgan fingerprint density at radius 1 is 1.14 bits per heavy atom. The van der Waals surface area contributed by atoms with Gasteiger partial charge in [0.15, 0.2) is 0 Å². The Bertz CT molecular complexity index is 656. The lowest BCUT2D eigenvalue weighted by atomic mass is 10.3. The Morgan fingerprint density at radius 2 is 1.76 bits per heavy atom. The summed E-state index contributed by atoms with van der Waals surface area (Å²) in [6.45, 7) is 3.11. The number of nitrogens with zero attached hydrogens (tertiary/aromatic N) is 2. The SMILES string of the molecule is CCOc1ccc(OCCn2ncc(Cl)c(Cl)c2=O)cc1. The monoisotopic (exact) mass is 328 g/mol. The van der Waals surface area contributed by atoms with E-state index >= 15 is 0 Å². The smallest absolute Gasteiger partial charge is 0.287 e. The highest BCUT2D eigenvalue weighted by atomic mass is 35.5. The average Bonchev–Trinajstić information content (AvgIpc) is 2.49. The van der Waals surface area contributed by atoms with Gasteiger partial charge in [-0.2, -0.15) is 5.10 Å². The maximum absolute atomic E-state index is 11.8. The van der Waals surface area contributed by atoms with Gasteiger partial charge in [-0.1, -0.05) is 23.2 Å². The molecule has 0 saturated heterocycles. The first-order valence-electron chi connectivity index (χ1n) is 6.38. The second-order valence-corrected chi connectivity index (χ2v) is 4.87. The molecule has 0 spiro atoms. The van der Waals surface area contributed by atoms with Crippen molar-refractivity contribution in [2.45, 2.75) is 13.5 Å². The van der Waals surface area contributed by atoms with E-state index in [9.17, 15) is 4.79 Å². The van der Waals surface area contributed by atoms with E-state index in [2.05, 4.69) is 5.10 Å². The van der Waals surface area contributed by atoms with Crippen LogP contribution >= 0.6 is 23.2 Å². The Morgan fingerprint density at radius 3 is 2.38 bits per heavy atom. The zero-order chi connectivity index (χ0) is 15.2. The molecule has 112 valence electrons. The summed E-state index contributed by atoms with van der Waals surface area (Å²) in [5.41, 5.74) is -0.431. The van der Waals surface area contributed by atoms with Crippen LogP contribution in [-0.2, 0) is 6.54 Å². The molecule has 21 heavy (non-hydrogen) atoms. The Kier molecular flexibility index (Phi) is 5.47. The van der Waals surface area contributed by atoms with Crippen molar-refractivity contribution < 1.29 is 9.47 Å². The normalized spacial score (nSPS) is 10.4. The molecule has 2 aromatic rings. The van der Waals surface area contributed by atoms with E-state index in [-0.39, 0.29) is 16.6 Å². The summed E-state index contributed by atoms with van der Waals surface area (Å²) >= 11 is 11.5. The van der Waals surface area contributed by atoms with Crippen molar-refractivity contribution in [2.75, 3.05) is 13.2 Å². The van der Waals surface area contributed by atoms with Crippen LogP contribution in [0.1, 0.15) is 6.92 Å². The molecule has 0 amide bonds. The molecule has 0 aliphatic heterocycles. The molecule has 0 saturated carbocycles. The van der Waals surface area contributed by atoms with Crippen LogP contribution < -0.4 is 15.0 Å². The van der Waals surface area contributed by atoms with Gasteiger partial charge in [-0.05, 0) is 31.2 Å². The lowest BCUT2D eigenvalue weighted by molar-refractivity contribution is 0.286. The molecule has 0 aliphatic carbocycles. The van der Waals surface area contributed by atoms with Gasteiger partial charge in [0.1, 0.15) is 23.1 Å². The quantitative estimate of drug-likeness (QED) is 0.817. The Hall–Kier alpha value is -1.72. The minimum absolute atomic E-state index is 0.0345. The molecule has 7 heteroatoms. The van der Waals surface area contributed by atoms with Crippen molar-refractivity contribution in [1.29, 1.82) is 0 Å². The van der Waals surface area contributed by atoms with E-state index in [1.165, 1.54) is 10.9 Å². The van der Waals surface area contributed by atoms with Crippen LogP contribution in [0, 0.1) is 0 Å². The lowest BCUT2D eigenvalue weighted by Crippen LogP contribution is -2.25. The molecule has 0 radical (unpaired) electrons. The van der Waals surface area contributed by atoms with Crippen molar-refractivity contribution in [2.24, 2.45) is 0 Å². The summed E-state index contributed by atoms with van der Waals surface area (Å²) in [5.74, 6) is 1.47. The minimum Gasteiger partial charge on any atom is -0.494 e. The van der Waals surface area contributed by atoms with E-state index < -0.39 is 5.56 Å². The molecular formula is C14H14Cl2N2O3. The fourth-order valence-corrected chi connectivity index (χ4v) is 1.92. The van der Waals surface area contributed by atoms with E-state index in [0.717, 1.165) is 5.75 Å². The molecule has 1 aromatic heterocycles. The van der Waals surface area contributed by atoms with Gasteiger partial charge in [-0.25, -0.2) is 4.68 Å². The zero-order valence-corrected chi connectivity index (χ0v) is 12.9. The van der Waals surface area contributed by atoms with Crippen molar-refractivity contribution in [3.05, 3.63) is 50.9 Å². The number of hydrogen-bond acceptors (Lipinski definition) is 4. The highest BCUT2D eigenvalue weighted by Crippen LogP contribution is 2.17. The third-order valence-electron chi connectivity index (χ3n) is 2.65. The molecular weight excluding hydrogens is 315 g/mol. The maximum atomic E-state index is 11.8. The maximum Gasteiger partial charge on any atom is 0.287 e. The van der Waals surface area contributed by atoms with E-state index in [1.807, 2.05) is 19.1 Å². The van der Waals surface area contributed by atoms with E-state index in [4.69, 9.17) is 32.7 Å². The van der Waals surface area contributed by atoms with Gasteiger partial charge in [0.25, 0.3) is 5.56 Å². The van der Waals surface area contributed by atoms with Gasteiger partial charge >= 0.3 is 0 Å². The average molecular weight is 329 g/mol. The molecule has 1 aromatic carbocycles. The van der Waals surface area contributed by atoms with Crippen molar-refractivity contribution >= 4 is 23.2 Å². The molecule has 0 aliphatic rings. The predicted molar refractivity (Wildman–Crippen MR) is 81.6 cm³/mol. The number of ether oxygens (including phenoxy) is 2. The van der Waals surface area contributed by atoms with Crippen LogP contribution in [-0.4, -0.2) is 23.0 Å². The highest BCUT2D eigenvalue weighted by Gasteiger charge is 2.07. The van der Waals surface area contributed by atoms with Gasteiger partial charge in [-0.3, -0.25) is 4.79 Å². The third-order valence-corrected chi connectivity index (χ3v) is 3.40. The first-order valence-corrected chi connectivity index (χ1v) is 7.14. The standard InChI is InChI=1S/C14H14Cl2N2O3/c1-2-20-10-3-5-11(6-4-10)21-8-7-18-14(19)13(16)12(15)9-17-18/h3-6,9H,2,7-8H2,1H3. The summed E-state index contributed by atoms with van der Waals surface area (Å²) in [7, 11) is 0.